The van der Waals surface area contributed by atoms with E-state index < -0.39 is 43.8 Å². The number of fused-ring (bicyclic) bond motifs is 1. The molecule has 2 fully saturated rings. The molecule has 3 aliphatic heterocycles. The highest BCUT2D eigenvalue weighted by atomic mass is 31.2. The minimum atomic E-state index is -3.77. The van der Waals surface area contributed by atoms with Gasteiger partial charge in [-0.1, -0.05) is 19.8 Å². The number of carbonyl (C=O) groups is 3. The lowest BCUT2D eigenvalue weighted by Gasteiger charge is -2.36. The van der Waals surface area contributed by atoms with Crippen LogP contribution in [0.4, 0.5) is 0 Å². The smallest absolute Gasteiger partial charge is 0.463 e. The largest absolute Gasteiger partial charge is 0.573 e. The molecule has 3 rings (SSSR count). The third-order valence-corrected chi connectivity index (χ3v) is 7.61. The van der Waals surface area contributed by atoms with E-state index in [1.165, 1.54) is 17.2 Å². The fraction of sp³-hybridized carbons (Fsp3) is 0.696. The molecule has 2 saturated heterocycles. The van der Waals surface area contributed by atoms with Crippen molar-refractivity contribution in [2.45, 2.75) is 72.0 Å². The predicted molar refractivity (Wildman–Crippen MR) is 121 cm³/mol. The molecule has 0 aromatic carbocycles. The molecule has 34 heavy (non-hydrogen) atoms. The number of esters is 1. The Morgan fingerprint density at radius 2 is 2.09 bits per heavy atom. The van der Waals surface area contributed by atoms with E-state index in [0.717, 1.165) is 0 Å². The topological polar surface area (TPSA) is 121 Å². The number of amides is 1. The van der Waals surface area contributed by atoms with Gasteiger partial charge in [0.1, 0.15) is 24.7 Å². The molecule has 188 valence electrons. The van der Waals surface area contributed by atoms with Gasteiger partial charge in [-0.2, -0.15) is 13.9 Å². The van der Waals surface area contributed by atoms with Crippen molar-refractivity contribution in [3.05, 3.63) is 12.3 Å². The summed E-state index contributed by atoms with van der Waals surface area (Å²) in [5.41, 5.74) is -1.15. The number of ketones is 1. The minimum Gasteiger partial charge on any atom is -0.463 e. The summed E-state index contributed by atoms with van der Waals surface area (Å²) in [6.07, 6.45) is 5.90. The van der Waals surface area contributed by atoms with E-state index in [4.69, 9.17) is 29.5 Å². The number of nitrogens with zero attached hydrogens (tertiary/aromatic N) is 1. The molecule has 0 bridgehead atoms. The Labute approximate surface area is 200 Å². The number of rotatable bonds is 8. The Morgan fingerprint density at radius 1 is 1.38 bits per heavy atom. The van der Waals surface area contributed by atoms with E-state index in [-0.39, 0.29) is 43.4 Å². The van der Waals surface area contributed by atoms with Crippen molar-refractivity contribution in [2.75, 3.05) is 13.2 Å². The summed E-state index contributed by atoms with van der Waals surface area (Å²) in [5, 5.41) is 0. The zero-order valence-corrected chi connectivity index (χ0v) is 21.0. The molecule has 10 nitrogen and oxygen atoms in total. The lowest BCUT2D eigenvalue weighted by molar-refractivity contribution is -0.154. The molecule has 3 aliphatic rings. The van der Waals surface area contributed by atoms with Crippen LogP contribution in [0, 0.1) is 29.6 Å². The molecule has 11 heteroatoms. The summed E-state index contributed by atoms with van der Waals surface area (Å²) in [7, 11) is -3.77. The van der Waals surface area contributed by atoms with Crippen LogP contribution in [-0.4, -0.2) is 65.2 Å². The summed E-state index contributed by atoms with van der Waals surface area (Å²) in [6.45, 7) is 9.02. The van der Waals surface area contributed by atoms with Gasteiger partial charge in [0.2, 0.25) is 5.91 Å². The number of hydrogen-bond donors (Lipinski definition) is 1. The molecule has 0 saturated carbocycles. The highest BCUT2D eigenvalue weighted by Crippen LogP contribution is 2.65. The van der Waals surface area contributed by atoms with Gasteiger partial charge >= 0.3 is 14.1 Å². The van der Waals surface area contributed by atoms with Gasteiger partial charge in [0.15, 0.2) is 18.1 Å². The minimum absolute atomic E-state index is 0.00419. The Morgan fingerprint density at radius 3 is 2.68 bits per heavy atom. The van der Waals surface area contributed by atoms with Gasteiger partial charge in [-0.25, -0.2) is 0 Å². The number of allylic oxidation sites excluding steroid dienone is 1. The lowest BCUT2D eigenvalue weighted by Crippen LogP contribution is -2.49. The van der Waals surface area contributed by atoms with E-state index >= 15 is 0 Å². The number of terminal acetylenes is 1. The van der Waals surface area contributed by atoms with Gasteiger partial charge in [0.05, 0.1) is 18.4 Å². The summed E-state index contributed by atoms with van der Waals surface area (Å²) >= 11 is 0. The first-order valence-electron chi connectivity index (χ1n) is 11.4. The molecule has 0 aromatic heterocycles. The molecule has 0 spiro atoms. The molecular weight excluding hydrogens is 465 g/mol. The van der Waals surface area contributed by atoms with Crippen LogP contribution in [0.25, 0.3) is 0 Å². The van der Waals surface area contributed by atoms with Crippen LogP contribution < -0.4 is 0 Å². The third-order valence-electron chi connectivity index (χ3n) is 6.13. The standard InChI is InChI=1S/C23H33NO9P/c1-7-23(6)20-18(32-22(23)24-10-8-16(25)12-19(24)26)13-30-34(28,33-20)29-11-9-17(14(2)3)21(27)31-15(4)5/h1,8,10,14-15,17-18,20,22,28H,9,11-13H2,2-6H3/q+1/t17?,18-,20-,22-,23-,34?/m1/s1. The fourth-order valence-electron chi connectivity index (χ4n) is 4.22. The second-order valence-electron chi connectivity index (χ2n) is 9.46. The predicted octanol–water partition coefficient (Wildman–Crippen LogP) is 2.38. The SMILES string of the molecule is C#C[C@]1(C)[C@@H]2O[P+](O)(OCCC(C(=O)OC(C)C)C(C)C)OC[C@H]2O[C@H]1N1C=CC(=O)CC1=O. The molecule has 0 aromatic rings. The zero-order valence-electron chi connectivity index (χ0n) is 20.1. The van der Waals surface area contributed by atoms with Crippen molar-refractivity contribution in [2.24, 2.45) is 17.3 Å². The average molecular weight is 498 g/mol. The van der Waals surface area contributed by atoms with Crippen LogP contribution >= 0.6 is 8.17 Å². The van der Waals surface area contributed by atoms with Crippen molar-refractivity contribution >= 4 is 25.8 Å². The number of ether oxygens (including phenoxy) is 2. The second kappa shape index (κ2) is 10.4. The van der Waals surface area contributed by atoms with E-state index in [1.807, 2.05) is 13.8 Å². The molecule has 1 amide bonds. The monoisotopic (exact) mass is 498 g/mol. The van der Waals surface area contributed by atoms with Gasteiger partial charge in [-0.3, -0.25) is 19.3 Å². The maximum atomic E-state index is 12.4. The van der Waals surface area contributed by atoms with E-state index in [0.29, 0.717) is 6.42 Å². The summed E-state index contributed by atoms with van der Waals surface area (Å²) < 4.78 is 28.3. The molecule has 0 radical (unpaired) electrons. The first-order valence-corrected chi connectivity index (χ1v) is 12.8. The number of carbonyl (C=O) groups excluding carboxylic acids is 3. The van der Waals surface area contributed by atoms with Gasteiger partial charge in [0.25, 0.3) is 0 Å². The van der Waals surface area contributed by atoms with Crippen LogP contribution in [0.2, 0.25) is 0 Å². The first kappa shape index (κ1) is 26.7. The molecule has 6 atom stereocenters. The Balaban J connectivity index is 1.67. The van der Waals surface area contributed by atoms with Gasteiger partial charge < -0.3 is 9.47 Å². The Hall–Kier alpha value is -1.86. The van der Waals surface area contributed by atoms with E-state index in [2.05, 4.69) is 5.92 Å². The van der Waals surface area contributed by atoms with Crippen LogP contribution in [-0.2, 0) is 37.4 Å². The summed E-state index contributed by atoms with van der Waals surface area (Å²) in [5.74, 6) is 1.18. The van der Waals surface area contributed by atoms with Crippen LogP contribution in [0.5, 0.6) is 0 Å². The second-order valence-corrected chi connectivity index (χ2v) is 11.1. The normalized spacial score (nSPS) is 34.3. The Kier molecular flexibility index (Phi) is 8.18. The van der Waals surface area contributed by atoms with Gasteiger partial charge in [-0.15, -0.1) is 10.9 Å². The maximum Gasteiger partial charge on any atom is 0.573 e. The number of hydrogen-bond acceptors (Lipinski definition) is 9. The Bertz CT molecular complexity index is 884. The van der Waals surface area contributed by atoms with Crippen LogP contribution in [0.3, 0.4) is 0 Å². The van der Waals surface area contributed by atoms with Crippen molar-refractivity contribution in [3.63, 3.8) is 0 Å². The van der Waals surface area contributed by atoms with Crippen LogP contribution in [0.15, 0.2) is 12.3 Å². The molecule has 0 aliphatic carbocycles. The third kappa shape index (κ3) is 5.51. The molecule has 3 heterocycles. The summed E-state index contributed by atoms with van der Waals surface area (Å²) in [4.78, 5) is 48.6. The highest BCUT2D eigenvalue weighted by Gasteiger charge is 2.66. The highest BCUT2D eigenvalue weighted by molar-refractivity contribution is 7.55. The van der Waals surface area contributed by atoms with Gasteiger partial charge in [-0.05, 0) is 39.2 Å². The quantitative estimate of drug-likeness (QED) is 0.233. The molecule has 2 unspecified atom stereocenters. The maximum absolute atomic E-state index is 12.4. The van der Waals surface area contributed by atoms with Crippen LogP contribution in [0.1, 0.15) is 47.5 Å². The molecule has 1 N–H and O–H groups in total. The first-order chi connectivity index (χ1) is 15.9. The van der Waals surface area contributed by atoms with Crippen molar-refractivity contribution in [3.8, 4) is 12.3 Å². The summed E-state index contributed by atoms with van der Waals surface area (Å²) in [6, 6.07) is 0. The van der Waals surface area contributed by atoms with Gasteiger partial charge in [0, 0.05) is 6.20 Å². The zero-order chi connectivity index (χ0) is 25.3. The van der Waals surface area contributed by atoms with Crippen molar-refractivity contribution in [1.82, 2.24) is 4.90 Å². The fourth-order valence-corrected chi connectivity index (χ4v) is 5.73. The lowest BCUT2D eigenvalue weighted by atomic mass is 9.82. The van der Waals surface area contributed by atoms with E-state index in [1.54, 1.807) is 20.8 Å². The van der Waals surface area contributed by atoms with E-state index in [9.17, 15) is 19.3 Å². The average Bonchev–Trinajstić information content (AvgIpc) is 3.02. The van der Waals surface area contributed by atoms with Crippen molar-refractivity contribution in [1.29, 1.82) is 0 Å². The van der Waals surface area contributed by atoms with Crippen molar-refractivity contribution < 1.29 is 42.3 Å². The molecular formula is C23H33NO9P+.